The van der Waals surface area contributed by atoms with Gasteiger partial charge in [-0.1, -0.05) is 85.6 Å². The summed E-state index contributed by atoms with van der Waals surface area (Å²) in [4.78, 5) is 4.46. The maximum atomic E-state index is 4.46. The van der Waals surface area contributed by atoms with E-state index in [9.17, 15) is 0 Å². The molecule has 0 spiro atoms. The molecular formula is C30H30N2S. The minimum absolute atomic E-state index is 0.309. The Kier molecular flexibility index (Phi) is 7.89. The number of anilines is 1. The Hall–Kier alpha value is -3.43. The Bertz CT molecular complexity index is 1180. The van der Waals surface area contributed by atoms with Crippen molar-refractivity contribution in [2.45, 2.75) is 25.7 Å². The van der Waals surface area contributed by atoms with Crippen molar-refractivity contribution < 1.29 is 0 Å². The van der Waals surface area contributed by atoms with Crippen LogP contribution in [0.4, 0.5) is 5.69 Å². The topological polar surface area (TPSA) is 24.9 Å². The Balaban J connectivity index is 0.000000165. The smallest absolute Gasteiger partial charge is 0.104 e. The molecule has 1 aromatic heterocycles. The molecule has 0 atom stereocenters. The summed E-state index contributed by atoms with van der Waals surface area (Å²) < 4.78 is 0. The SMILES string of the molecule is C/C=C1\CNc2ccc(CC3=CCC=CC=C3)cc21.C=Cc1csc(C2C=CC=CC=C2)n1. The Morgan fingerprint density at radius 2 is 1.97 bits per heavy atom. The first kappa shape index (κ1) is 22.8. The van der Waals surface area contributed by atoms with Gasteiger partial charge in [0.15, 0.2) is 0 Å². The maximum absolute atomic E-state index is 4.46. The second kappa shape index (κ2) is 11.4. The lowest BCUT2D eigenvalue weighted by atomic mass is 9.99. The van der Waals surface area contributed by atoms with Gasteiger partial charge in [0.25, 0.3) is 0 Å². The van der Waals surface area contributed by atoms with Crippen LogP contribution in [0.15, 0.2) is 109 Å². The highest BCUT2D eigenvalue weighted by atomic mass is 32.1. The van der Waals surface area contributed by atoms with Crippen LogP contribution in [0.2, 0.25) is 0 Å². The molecule has 5 rings (SSSR count). The van der Waals surface area contributed by atoms with Gasteiger partial charge in [-0.05, 0) is 54.7 Å². The first-order chi connectivity index (χ1) is 16.3. The van der Waals surface area contributed by atoms with Gasteiger partial charge in [-0.3, -0.25) is 0 Å². The largest absolute Gasteiger partial charge is 0.380 e. The molecule has 0 fully saturated rings. The van der Waals surface area contributed by atoms with Crippen molar-refractivity contribution in [3.8, 4) is 0 Å². The van der Waals surface area contributed by atoms with Crippen LogP contribution in [-0.4, -0.2) is 11.5 Å². The van der Waals surface area contributed by atoms with Crippen LogP contribution in [0, 0.1) is 0 Å². The average molecular weight is 451 g/mol. The highest BCUT2D eigenvalue weighted by Gasteiger charge is 2.15. The van der Waals surface area contributed by atoms with E-state index in [2.05, 4.69) is 103 Å². The monoisotopic (exact) mass is 450 g/mol. The third-order valence-corrected chi connectivity index (χ3v) is 6.70. The molecule has 33 heavy (non-hydrogen) atoms. The summed E-state index contributed by atoms with van der Waals surface area (Å²) in [6.45, 7) is 6.78. The molecule has 2 heterocycles. The number of rotatable bonds is 4. The molecule has 1 N–H and O–H groups in total. The normalized spacial score (nSPS) is 17.6. The summed E-state index contributed by atoms with van der Waals surface area (Å²) in [7, 11) is 0. The summed E-state index contributed by atoms with van der Waals surface area (Å²) in [5.41, 5.74) is 7.80. The summed E-state index contributed by atoms with van der Waals surface area (Å²) in [5.74, 6) is 0.309. The van der Waals surface area contributed by atoms with E-state index < -0.39 is 0 Å². The molecule has 1 aromatic carbocycles. The standard InChI is InChI=1S/C18H19N.C12H11NS/c1-2-16-13-19-18-10-9-15(12-17(16)18)11-14-7-5-3-4-6-8-14;1-2-11-9-14-12(13-11)10-7-5-3-4-6-8-10/h2-5,7-10,12,19H,6,11,13H2,1H3;2-10H,1H2/b16-2+;. The summed E-state index contributed by atoms with van der Waals surface area (Å²) in [6, 6.07) is 6.77. The van der Waals surface area contributed by atoms with E-state index in [1.807, 2.05) is 17.5 Å². The van der Waals surface area contributed by atoms with Crippen molar-refractivity contribution in [2.24, 2.45) is 0 Å². The van der Waals surface area contributed by atoms with Gasteiger partial charge in [0.1, 0.15) is 5.01 Å². The van der Waals surface area contributed by atoms with Crippen LogP contribution in [0.25, 0.3) is 11.6 Å². The number of allylic oxidation sites excluding steroid dienone is 13. The summed E-state index contributed by atoms with van der Waals surface area (Å²) >= 11 is 1.68. The van der Waals surface area contributed by atoms with E-state index in [-0.39, 0.29) is 0 Å². The zero-order valence-corrected chi connectivity index (χ0v) is 19.9. The zero-order valence-electron chi connectivity index (χ0n) is 19.1. The lowest BCUT2D eigenvalue weighted by molar-refractivity contribution is 1.04. The predicted molar refractivity (Wildman–Crippen MR) is 146 cm³/mol. The third-order valence-electron chi connectivity index (χ3n) is 5.73. The lowest BCUT2D eigenvalue weighted by Crippen LogP contribution is -1.91. The van der Waals surface area contributed by atoms with Crippen molar-refractivity contribution in [1.82, 2.24) is 4.98 Å². The number of hydrogen-bond donors (Lipinski definition) is 1. The molecule has 0 amide bonds. The quantitative estimate of drug-likeness (QED) is 0.509. The summed E-state index contributed by atoms with van der Waals surface area (Å²) in [5, 5.41) is 6.59. The minimum Gasteiger partial charge on any atom is -0.380 e. The molecule has 2 aromatic rings. The molecule has 2 nitrogen and oxygen atoms in total. The molecule has 3 aliphatic rings. The molecule has 166 valence electrons. The second-order valence-corrected chi connectivity index (χ2v) is 8.91. The Morgan fingerprint density at radius 3 is 2.73 bits per heavy atom. The lowest BCUT2D eigenvalue weighted by Gasteiger charge is -2.06. The molecule has 1 aliphatic heterocycles. The number of thiazole rings is 1. The van der Waals surface area contributed by atoms with E-state index in [4.69, 9.17) is 0 Å². The van der Waals surface area contributed by atoms with Gasteiger partial charge < -0.3 is 5.32 Å². The first-order valence-corrected chi connectivity index (χ1v) is 12.3. The van der Waals surface area contributed by atoms with E-state index in [1.165, 1.54) is 28.0 Å². The highest BCUT2D eigenvalue weighted by Crippen LogP contribution is 2.32. The predicted octanol–water partition coefficient (Wildman–Crippen LogP) is 8.05. The van der Waals surface area contributed by atoms with E-state index >= 15 is 0 Å². The number of nitrogens with one attached hydrogen (secondary N) is 1. The number of aromatic nitrogens is 1. The highest BCUT2D eigenvalue weighted by molar-refractivity contribution is 7.09. The fraction of sp³-hybridized carbons (Fsp3) is 0.167. The van der Waals surface area contributed by atoms with Crippen LogP contribution in [0.1, 0.15) is 41.1 Å². The van der Waals surface area contributed by atoms with Crippen LogP contribution < -0.4 is 5.32 Å². The third kappa shape index (κ3) is 6.09. The number of benzene rings is 1. The molecule has 0 bridgehead atoms. The average Bonchev–Trinajstić information content (AvgIpc) is 3.28. The first-order valence-electron chi connectivity index (χ1n) is 11.4. The van der Waals surface area contributed by atoms with E-state index in [1.54, 1.807) is 17.4 Å². The second-order valence-electron chi connectivity index (χ2n) is 8.02. The van der Waals surface area contributed by atoms with Crippen molar-refractivity contribution in [2.75, 3.05) is 11.9 Å². The summed E-state index contributed by atoms with van der Waals surface area (Å²) in [6.07, 6.45) is 29.5. The van der Waals surface area contributed by atoms with Crippen molar-refractivity contribution in [1.29, 1.82) is 0 Å². The zero-order chi connectivity index (χ0) is 22.9. The van der Waals surface area contributed by atoms with Crippen LogP contribution in [-0.2, 0) is 6.42 Å². The number of fused-ring (bicyclic) bond motifs is 1. The van der Waals surface area contributed by atoms with Gasteiger partial charge in [-0.15, -0.1) is 11.3 Å². The molecular weight excluding hydrogens is 420 g/mol. The Morgan fingerprint density at radius 1 is 1.12 bits per heavy atom. The maximum Gasteiger partial charge on any atom is 0.104 e. The molecule has 0 saturated carbocycles. The van der Waals surface area contributed by atoms with Gasteiger partial charge in [0, 0.05) is 29.1 Å². The van der Waals surface area contributed by atoms with Crippen molar-refractivity contribution in [3.63, 3.8) is 0 Å². The molecule has 0 saturated heterocycles. The molecule has 0 unspecified atom stereocenters. The number of hydrogen-bond acceptors (Lipinski definition) is 3. The van der Waals surface area contributed by atoms with Crippen molar-refractivity contribution in [3.05, 3.63) is 130 Å². The molecule has 3 heteroatoms. The van der Waals surface area contributed by atoms with E-state index in [0.29, 0.717) is 5.92 Å². The number of nitrogens with zero attached hydrogens (tertiary/aromatic N) is 1. The molecule has 2 aliphatic carbocycles. The van der Waals surface area contributed by atoms with Crippen LogP contribution in [0.5, 0.6) is 0 Å². The van der Waals surface area contributed by atoms with Gasteiger partial charge in [0.05, 0.1) is 5.69 Å². The fourth-order valence-corrected chi connectivity index (χ4v) is 4.79. The van der Waals surface area contributed by atoms with Gasteiger partial charge >= 0.3 is 0 Å². The molecule has 0 radical (unpaired) electrons. The van der Waals surface area contributed by atoms with Gasteiger partial charge in [-0.25, -0.2) is 4.98 Å². The van der Waals surface area contributed by atoms with Gasteiger partial charge in [0.2, 0.25) is 0 Å². The Labute approximate surface area is 201 Å². The van der Waals surface area contributed by atoms with E-state index in [0.717, 1.165) is 30.1 Å². The van der Waals surface area contributed by atoms with Crippen LogP contribution >= 0.6 is 11.3 Å². The van der Waals surface area contributed by atoms with Crippen molar-refractivity contribution >= 4 is 28.7 Å². The van der Waals surface area contributed by atoms with Crippen LogP contribution in [0.3, 0.4) is 0 Å². The van der Waals surface area contributed by atoms with Gasteiger partial charge in [-0.2, -0.15) is 0 Å². The minimum atomic E-state index is 0.309. The fourth-order valence-electron chi connectivity index (χ4n) is 3.93.